The second kappa shape index (κ2) is 7.86. The Morgan fingerprint density at radius 1 is 0.556 bits per heavy atom. The molecule has 0 aliphatic heterocycles. The molecule has 0 aromatic heterocycles. The molecule has 0 heterocycles. The zero-order chi connectivity index (χ0) is 20.3. The highest BCUT2D eigenvalue weighted by molar-refractivity contribution is 5.67. The number of carbonyl (C=O) groups excluding carboxylic acids is 4. The smallest absolute Gasteiger partial charge is 0.302 e. The van der Waals surface area contributed by atoms with Crippen LogP contribution in [0.4, 0.5) is 0 Å². The van der Waals surface area contributed by atoms with Gasteiger partial charge in [-0.25, -0.2) is 0 Å². The summed E-state index contributed by atoms with van der Waals surface area (Å²) in [4.78, 5) is 44.8. The standard InChI is InChI=1S/C19H28O8/c1-13(20)24-9-18(10-25-14(2)21)5-17(6-18)7-19(8-17,11-26-15(3)22)12-27-16(4)23/h5-12H2,1-4H3. The van der Waals surface area contributed by atoms with Gasteiger partial charge in [0.05, 0.1) is 0 Å². The van der Waals surface area contributed by atoms with E-state index >= 15 is 0 Å². The second-order valence-corrected chi connectivity index (χ2v) is 8.33. The highest BCUT2D eigenvalue weighted by atomic mass is 16.6. The van der Waals surface area contributed by atoms with Gasteiger partial charge in [-0.05, 0) is 31.1 Å². The van der Waals surface area contributed by atoms with Gasteiger partial charge in [0.25, 0.3) is 0 Å². The van der Waals surface area contributed by atoms with Gasteiger partial charge in [0, 0.05) is 38.5 Å². The maximum absolute atomic E-state index is 11.2. The summed E-state index contributed by atoms with van der Waals surface area (Å²) < 4.78 is 20.7. The Morgan fingerprint density at radius 3 is 0.963 bits per heavy atom. The topological polar surface area (TPSA) is 105 Å². The van der Waals surface area contributed by atoms with Gasteiger partial charge < -0.3 is 18.9 Å². The molecule has 0 N–H and O–H groups in total. The first-order chi connectivity index (χ1) is 12.5. The number of esters is 4. The van der Waals surface area contributed by atoms with Crippen LogP contribution in [0.25, 0.3) is 0 Å². The molecule has 2 fully saturated rings. The van der Waals surface area contributed by atoms with Crippen LogP contribution < -0.4 is 0 Å². The van der Waals surface area contributed by atoms with Crippen molar-refractivity contribution in [2.75, 3.05) is 26.4 Å². The van der Waals surface area contributed by atoms with Gasteiger partial charge in [-0.1, -0.05) is 0 Å². The lowest BCUT2D eigenvalue weighted by atomic mass is 9.39. The Morgan fingerprint density at radius 2 is 0.778 bits per heavy atom. The predicted octanol–water partition coefficient (Wildman–Crippen LogP) is 1.79. The van der Waals surface area contributed by atoms with Crippen molar-refractivity contribution in [3.8, 4) is 0 Å². The molecule has 0 unspecified atom stereocenters. The maximum atomic E-state index is 11.2. The molecule has 0 aromatic carbocycles. The summed E-state index contributed by atoms with van der Waals surface area (Å²) in [5.74, 6) is -1.48. The molecule has 27 heavy (non-hydrogen) atoms. The first-order valence-corrected chi connectivity index (χ1v) is 9.03. The molecule has 152 valence electrons. The van der Waals surface area contributed by atoms with Gasteiger partial charge in [0.2, 0.25) is 0 Å². The van der Waals surface area contributed by atoms with Crippen LogP contribution in [0.2, 0.25) is 0 Å². The van der Waals surface area contributed by atoms with Gasteiger partial charge in [-0.3, -0.25) is 19.2 Å². The molecule has 0 bridgehead atoms. The summed E-state index contributed by atoms with van der Waals surface area (Å²) in [6.07, 6.45) is 2.95. The highest BCUT2D eigenvalue weighted by Gasteiger charge is 2.66. The van der Waals surface area contributed by atoms with Gasteiger partial charge in [-0.2, -0.15) is 0 Å². The molecular formula is C19H28O8. The zero-order valence-electron chi connectivity index (χ0n) is 16.4. The van der Waals surface area contributed by atoms with Crippen LogP contribution in [0.5, 0.6) is 0 Å². The van der Waals surface area contributed by atoms with Crippen LogP contribution in [0.1, 0.15) is 53.4 Å². The minimum atomic E-state index is -0.383. The lowest BCUT2D eigenvalue weighted by Gasteiger charge is -2.66. The van der Waals surface area contributed by atoms with Gasteiger partial charge in [-0.15, -0.1) is 0 Å². The van der Waals surface area contributed by atoms with Crippen LogP contribution in [-0.2, 0) is 38.1 Å². The number of hydrogen-bond donors (Lipinski definition) is 0. The average Bonchev–Trinajstić information content (AvgIpc) is 2.49. The largest absolute Gasteiger partial charge is 0.465 e. The third kappa shape index (κ3) is 5.43. The van der Waals surface area contributed by atoms with Crippen molar-refractivity contribution in [2.24, 2.45) is 16.2 Å². The van der Waals surface area contributed by atoms with Crippen LogP contribution in [-0.4, -0.2) is 50.3 Å². The predicted molar refractivity (Wildman–Crippen MR) is 92.3 cm³/mol. The van der Waals surface area contributed by atoms with Crippen molar-refractivity contribution in [1.29, 1.82) is 0 Å². The Balaban J connectivity index is 1.98. The fraction of sp³-hybridized carbons (Fsp3) is 0.789. The molecule has 2 saturated carbocycles. The Labute approximate surface area is 158 Å². The maximum Gasteiger partial charge on any atom is 0.302 e. The van der Waals surface area contributed by atoms with E-state index in [2.05, 4.69) is 0 Å². The minimum absolute atomic E-state index is 0.000591. The fourth-order valence-electron chi connectivity index (χ4n) is 4.84. The quantitative estimate of drug-likeness (QED) is 0.461. The SMILES string of the molecule is CC(=O)OCC1(COC(C)=O)CC2(C1)CC(COC(C)=O)(COC(C)=O)C2. The van der Waals surface area contributed by atoms with Gasteiger partial charge in [0.15, 0.2) is 0 Å². The highest BCUT2D eigenvalue weighted by Crippen LogP contribution is 2.70. The summed E-state index contributed by atoms with van der Waals surface area (Å²) in [5.41, 5.74) is -0.765. The molecule has 2 aliphatic carbocycles. The first kappa shape index (κ1) is 21.2. The van der Waals surface area contributed by atoms with Crippen LogP contribution in [0, 0.1) is 16.2 Å². The van der Waals surface area contributed by atoms with E-state index in [4.69, 9.17) is 18.9 Å². The van der Waals surface area contributed by atoms with Crippen LogP contribution >= 0.6 is 0 Å². The van der Waals surface area contributed by atoms with E-state index in [-0.39, 0.29) is 66.5 Å². The van der Waals surface area contributed by atoms with Crippen molar-refractivity contribution >= 4 is 23.9 Å². The third-order valence-corrected chi connectivity index (χ3v) is 5.33. The van der Waals surface area contributed by atoms with Crippen LogP contribution in [0.3, 0.4) is 0 Å². The van der Waals surface area contributed by atoms with Crippen LogP contribution in [0.15, 0.2) is 0 Å². The number of rotatable bonds is 8. The molecule has 0 radical (unpaired) electrons. The summed E-state index contributed by atoms with van der Waals surface area (Å²) in [6.45, 7) is 6.22. The van der Waals surface area contributed by atoms with E-state index in [0.29, 0.717) is 0 Å². The number of ether oxygens (including phenoxy) is 4. The van der Waals surface area contributed by atoms with E-state index in [0.717, 1.165) is 25.7 Å². The summed E-state index contributed by atoms with van der Waals surface area (Å²) in [6, 6.07) is 0. The van der Waals surface area contributed by atoms with E-state index < -0.39 is 0 Å². The van der Waals surface area contributed by atoms with Crippen molar-refractivity contribution in [3.05, 3.63) is 0 Å². The molecule has 0 atom stereocenters. The molecule has 8 nitrogen and oxygen atoms in total. The zero-order valence-corrected chi connectivity index (χ0v) is 16.4. The Bertz CT molecular complexity index is 514. The third-order valence-electron chi connectivity index (χ3n) is 5.33. The van der Waals surface area contributed by atoms with E-state index in [1.807, 2.05) is 0 Å². The van der Waals surface area contributed by atoms with E-state index in [1.165, 1.54) is 27.7 Å². The number of hydrogen-bond acceptors (Lipinski definition) is 8. The molecule has 8 heteroatoms. The Kier molecular flexibility index (Phi) is 6.17. The summed E-state index contributed by atoms with van der Waals surface area (Å²) >= 11 is 0. The second-order valence-electron chi connectivity index (χ2n) is 8.33. The monoisotopic (exact) mass is 384 g/mol. The first-order valence-electron chi connectivity index (χ1n) is 9.03. The molecule has 0 amide bonds. The number of carbonyl (C=O) groups is 4. The molecule has 1 spiro atoms. The van der Waals surface area contributed by atoms with Crippen molar-refractivity contribution in [1.82, 2.24) is 0 Å². The van der Waals surface area contributed by atoms with Gasteiger partial charge >= 0.3 is 23.9 Å². The molecule has 0 saturated heterocycles. The lowest BCUT2D eigenvalue weighted by Crippen LogP contribution is -2.63. The lowest BCUT2D eigenvalue weighted by molar-refractivity contribution is -0.229. The molecule has 2 aliphatic rings. The normalized spacial score (nSPS) is 20.6. The fourth-order valence-corrected chi connectivity index (χ4v) is 4.84. The van der Waals surface area contributed by atoms with Crippen molar-refractivity contribution in [2.45, 2.75) is 53.4 Å². The van der Waals surface area contributed by atoms with Crippen molar-refractivity contribution in [3.63, 3.8) is 0 Å². The molecule has 0 aromatic rings. The molecular weight excluding hydrogens is 356 g/mol. The van der Waals surface area contributed by atoms with Crippen molar-refractivity contribution < 1.29 is 38.1 Å². The summed E-state index contributed by atoms with van der Waals surface area (Å²) in [5, 5.41) is 0. The Hall–Kier alpha value is -2.12. The van der Waals surface area contributed by atoms with E-state index in [1.54, 1.807) is 0 Å². The molecule has 2 rings (SSSR count). The minimum Gasteiger partial charge on any atom is -0.465 e. The average molecular weight is 384 g/mol. The summed E-state index contributed by atoms with van der Waals surface area (Å²) in [7, 11) is 0. The van der Waals surface area contributed by atoms with Gasteiger partial charge in [0.1, 0.15) is 26.4 Å². The van der Waals surface area contributed by atoms with E-state index in [9.17, 15) is 19.2 Å².